The van der Waals surface area contributed by atoms with E-state index >= 15 is 0 Å². The van der Waals surface area contributed by atoms with Gasteiger partial charge in [-0.05, 0) is 20.3 Å². The number of rotatable bonds is 8. The zero-order valence-corrected chi connectivity index (χ0v) is 11.6. The molecular weight excluding hydrogens is 216 g/mol. The molecule has 0 aromatic carbocycles. The average Bonchev–Trinajstić information content (AvgIpc) is 2.64. The number of aliphatic hydroxyl groups is 1. The van der Waals surface area contributed by atoms with E-state index in [4.69, 9.17) is 9.47 Å². The van der Waals surface area contributed by atoms with Crippen LogP contribution in [-0.2, 0) is 9.47 Å². The molecule has 0 aliphatic carbocycles. The van der Waals surface area contributed by atoms with Gasteiger partial charge in [-0.25, -0.2) is 0 Å². The largest absolute Gasteiger partial charge is 0.390 e. The van der Waals surface area contributed by atoms with Crippen molar-refractivity contribution in [1.29, 1.82) is 0 Å². The van der Waals surface area contributed by atoms with E-state index in [1.807, 2.05) is 13.8 Å². The maximum atomic E-state index is 9.98. The molecule has 0 aromatic rings. The molecule has 102 valence electrons. The first kappa shape index (κ1) is 14.9. The molecule has 1 heterocycles. The van der Waals surface area contributed by atoms with Crippen molar-refractivity contribution in [1.82, 2.24) is 0 Å². The highest BCUT2D eigenvalue weighted by molar-refractivity contribution is 4.77. The van der Waals surface area contributed by atoms with Crippen LogP contribution < -0.4 is 0 Å². The van der Waals surface area contributed by atoms with Gasteiger partial charge in [0, 0.05) is 0 Å². The van der Waals surface area contributed by atoms with Gasteiger partial charge < -0.3 is 14.6 Å². The van der Waals surface area contributed by atoms with Crippen LogP contribution in [0.15, 0.2) is 0 Å². The third-order valence-corrected chi connectivity index (χ3v) is 3.31. The Labute approximate surface area is 105 Å². The van der Waals surface area contributed by atoms with Crippen LogP contribution in [0.2, 0.25) is 0 Å². The SMILES string of the molecule is CCCCCCCCC(O)C1COC(C)(C)O1. The van der Waals surface area contributed by atoms with Gasteiger partial charge in [-0.3, -0.25) is 0 Å². The van der Waals surface area contributed by atoms with Crippen molar-refractivity contribution in [3.05, 3.63) is 0 Å². The van der Waals surface area contributed by atoms with E-state index < -0.39 is 5.79 Å². The van der Waals surface area contributed by atoms with Gasteiger partial charge >= 0.3 is 0 Å². The molecule has 0 aromatic heterocycles. The fourth-order valence-corrected chi connectivity index (χ4v) is 2.22. The standard InChI is InChI=1S/C14H28O3/c1-4-5-6-7-8-9-10-12(15)13-11-16-14(2,3)17-13/h12-13,15H,4-11H2,1-3H3. The minimum atomic E-state index is -0.521. The topological polar surface area (TPSA) is 38.7 Å². The van der Waals surface area contributed by atoms with Crippen molar-refractivity contribution in [3.63, 3.8) is 0 Å². The van der Waals surface area contributed by atoms with Crippen LogP contribution in [-0.4, -0.2) is 29.7 Å². The number of ether oxygens (including phenoxy) is 2. The summed E-state index contributed by atoms with van der Waals surface area (Å²) in [6.45, 7) is 6.53. The average molecular weight is 244 g/mol. The highest BCUT2D eigenvalue weighted by Crippen LogP contribution is 2.25. The fourth-order valence-electron chi connectivity index (χ4n) is 2.22. The maximum Gasteiger partial charge on any atom is 0.163 e. The predicted octanol–water partition coefficient (Wildman–Crippen LogP) is 3.25. The molecule has 3 nitrogen and oxygen atoms in total. The zero-order valence-electron chi connectivity index (χ0n) is 11.6. The minimum Gasteiger partial charge on any atom is -0.390 e. The summed E-state index contributed by atoms with van der Waals surface area (Å²) in [6, 6.07) is 0. The van der Waals surface area contributed by atoms with Crippen LogP contribution in [0.3, 0.4) is 0 Å². The van der Waals surface area contributed by atoms with Crippen LogP contribution in [0.25, 0.3) is 0 Å². The van der Waals surface area contributed by atoms with Crippen LogP contribution in [0.4, 0.5) is 0 Å². The summed E-state index contributed by atoms with van der Waals surface area (Å²) in [7, 11) is 0. The second-order valence-electron chi connectivity index (χ2n) is 5.49. The van der Waals surface area contributed by atoms with Crippen molar-refractivity contribution in [2.45, 2.75) is 83.7 Å². The molecule has 1 rings (SSSR count). The molecule has 1 N–H and O–H groups in total. The van der Waals surface area contributed by atoms with E-state index in [-0.39, 0.29) is 12.2 Å². The lowest BCUT2D eigenvalue weighted by atomic mass is 10.0. The summed E-state index contributed by atoms with van der Waals surface area (Å²) < 4.78 is 11.1. The Balaban J connectivity index is 2.03. The molecule has 1 aliphatic heterocycles. The number of hydrogen-bond donors (Lipinski definition) is 1. The van der Waals surface area contributed by atoms with Gasteiger partial charge in [0.1, 0.15) is 6.10 Å². The molecule has 17 heavy (non-hydrogen) atoms. The summed E-state index contributed by atoms with van der Waals surface area (Å²) in [5.74, 6) is -0.521. The highest BCUT2D eigenvalue weighted by atomic mass is 16.7. The Morgan fingerprint density at radius 3 is 2.41 bits per heavy atom. The zero-order chi connectivity index (χ0) is 12.7. The maximum absolute atomic E-state index is 9.98. The monoisotopic (exact) mass is 244 g/mol. The summed E-state index contributed by atoms with van der Waals surface area (Å²) in [6.07, 6.45) is 7.84. The van der Waals surface area contributed by atoms with Gasteiger partial charge in [-0.15, -0.1) is 0 Å². The number of unbranched alkanes of at least 4 members (excludes halogenated alkanes) is 5. The molecule has 2 unspecified atom stereocenters. The van der Waals surface area contributed by atoms with Crippen molar-refractivity contribution < 1.29 is 14.6 Å². The third-order valence-electron chi connectivity index (χ3n) is 3.31. The second kappa shape index (κ2) is 7.34. The molecular formula is C14H28O3. The van der Waals surface area contributed by atoms with Gasteiger partial charge in [0.05, 0.1) is 12.7 Å². The van der Waals surface area contributed by atoms with E-state index in [9.17, 15) is 5.11 Å². The first-order chi connectivity index (χ1) is 8.05. The molecule has 1 fully saturated rings. The van der Waals surface area contributed by atoms with Gasteiger partial charge in [0.25, 0.3) is 0 Å². The predicted molar refractivity (Wildman–Crippen MR) is 68.9 cm³/mol. The van der Waals surface area contributed by atoms with Gasteiger partial charge in [0.2, 0.25) is 0 Å². The molecule has 3 heteroatoms. The minimum absolute atomic E-state index is 0.138. The first-order valence-electron chi connectivity index (χ1n) is 7.05. The van der Waals surface area contributed by atoms with E-state index in [1.54, 1.807) is 0 Å². The smallest absolute Gasteiger partial charge is 0.163 e. The highest BCUT2D eigenvalue weighted by Gasteiger charge is 2.36. The molecule has 0 radical (unpaired) electrons. The molecule has 1 aliphatic rings. The Bertz CT molecular complexity index is 204. The lowest BCUT2D eigenvalue weighted by Crippen LogP contribution is -2.30. The van der Waals surface area contributed by atoms with Crippen molar-refractivity contribution in [2.24, 2.45) is 0 Å². The number of aliphatic hydroxyl groups excluding tert-OH is 1. The number of hydrogen-bond acceptors (Lipinski definition) is 3. The Morgan fingerprint density at radius 1 is 1.18 bits per heavy atom. The lowest BCUT2D eigenvalue weighted by Gasteiger charge is -2.20. The van der Waals surface area contributed by atoms with E-state index in [0.29, 0.717) is 6.61 Å². The molecule has 0 amide bonds. The first-order valence-corrected chi connectivity index (χ1v) is 7.05. The molecule has 0 spiro atoms. The van der Waals surface area contributed by atoms with E-state index in [0.717, 1.165) is 12.8 Å². The van der Waals surface area contributed by atoms with Crippen LogP contribution in [0, 0.1) is 0 Å². The Morgan fingerprint density at radius 2 is 1.82 bits per heavy atom. The third kappa shape index (κ3) is 5.84. The Kier molecular flexibility index (Phi) is 6.45. The van der Waals surface area contributed by atoms with Crippen LogP contribution in [0.5, 0.6) is 0 Å². The van der Waals surface area contributed by atoms with Crippen molar-refractivity contribution in [3.8, 4) is 0 Å². The normalized spacial score (nSPS) is 25.1. The lowest BCUT2D eigenvalue weighted by molar-refractivity contribution is -0.151. The summed E-state index contributed by atoms with van der Waals surface area (Å²) >= 11 is 0. The van der Waals surface area contributed by atoms with Gasteiger partial charge in [-0.1, -0.05) is 45.4 Å². The van der Waals surface area contributed by atoms with Crippen LogP contribution in [0.1, 0.15) is 65.7 Å². The van der Waals surface area contributed by atoms with E-state index in [1.165, 1.54) is 32.1 Å². The van der Waals surface area contributed by atoms with Gasteiger partial charge in [0.15, 0.2) is 5.79 Å². The summed E-state index contributed by atoms with van der Waals surface area (Å²) in [4.78, 5) is 0. The second-order valence-corrected chi connectivity index (χ2v) is 5.49. The molecule has 0 bridgehead atoms. The summed E-state index contributed by atoms with van der Waals surface area (Å²) in [5.41, 5.74) is 0. The van der Waals surface area contributed by atoms with Gasteiger partial charge in [-0.2, -0.15) is 0 Å². The molecule has 0 saturated carbocycles. The molecule has 1 saturated heterocycles. The van der Waals surface area contributed by atoms with Crippen molar-refractivity contribution >= 4 is 0 Å². The van der Waals surface area contributed by atoms with Crippen LogP contribution >= 0.6 is 0 Å². The Hall–Kier alpha value is -0.120. The quantitative estimate of drug-likeness (QED) is 0.666. The van der Waals surface area contributed by atoms with E-state index in [2.05, 4.69) is 6.92 Å². The summed E-state index contributed by atoms with van der Waals surface area (Å²) in [5, 5.41) is 9.98. The van der Waals surface area contributed by atoms with Crippen molar-refractivity contribution in [2.75, 3.05) is 6.61 Å². The molecule has 2 atom stereocenters. The fraction of sp³-hybridized carbons (Fsp3) is 1.00.